The van der Waals surface area contributed by atoms with Crippen molar-refractivity contribution in [1.29, 1.82) is 0 Å². The molecule has 0 aromatic rings. The number of rotatable bonds is 3. The fraction of sp³-hybridized carbons (Fsp3) is 0.900. The molecule has 2 amide bonds. The predicted octanol–water partition coefficient (Wildman–Crippen LogP) is 0.694. The van der Waals surface area contributed by atoms with Crippen LogP contribution in [0, 0.1) is 5.92 Å². The second-order valence-electron chi connectivity index (χ2n) is 3.99. The van der Waals surface area contributed by atoms with Gasteiger partial charge in [0.05, 0.1) is 0 Å². The maximum Gasteiger partial charge on any atom is 0.314 e. The van der Waals surface area contributed by atoms with Gasteiger partial charge in [0.1, 0.15) is 0 Å². The molecule has 3 N–H and O–H groups in total. The number of carbonyl (C=O) groups is 1. The molecule has 0 aromatic heterocycles. The van der Waals surface area contributed by atoms with Crippen LogP contribution in [0.15, 0.2) is 0 Å². The van der Waals surface area contributed by atoms with E-state index in [1.807, 2.05) is 6.92 Å². The Morgan fingerprint density at radius 1 is 1.43 bits per heavy atom. The predicted molar refractivity (Wildman–Crippen MR) is 57.3 cm³/mol. The Morgan fingerprint density at radius 3 is 2.79 bits per heavy atom. The van der Waals surface area contributed by atoms with Crippen molar-refractivity contribution in [2.24, 2.45) is 5.92 Å². The molecule has 1 heterocycles. The molecule has 1 fully saturated rings. The van der Waals surface area contributed by atoms with Crippen molar-refractivity contribution >= 4 is 6.03 Å². The van der Waals surface area contributed by atoms with Gasteiger partial charge in [0.15, 0.2) is 0 Å². The highest BCUT2D eigenvalue weighted by molar-refractivity contribution is 5.73. The van der Waals surface area contributed by atoms with E-state index in [0.717, 1.165) is 13.1 Å². The highest BCUT2D eigenvalue weighted by atomic mass is 16.2. The van der Waals surface area contributed by atoms with Crippen molar-refractivity contribution in [3.63, 3.8) is 0 Å². The number of urea groups is 1. The van der Waals surface area contributed by atoms with Gasteiger partial charge in [-0.2, -0.15) is 0 Å². The molecule has 0 spiro atoms. The Morgan fingerprint density at radius 2 is 2.21 bits per heavy atom. The molecule has 4 heteroatoms. The molecule has 1 aliphatic heterocycles. The Labute approximate surface area is 85.8 Å². The van der Waals surface area contributed by atoms with Gasteiger partial charge in [-0.05, 0) is 39.2 Å². The Kier molecular flexibility index (Phi) is 4.73. The fourth-order valence-corrected chi connectivity index (χ4v) is 1.69. The molecule has 4 nitrogen and oxygen atoms in total. The van der Waals surface area contributed by atoms with Crippen LogP contribution in [-0.2, 0) is 0 Å². The van der Waals surface area contributed by atoms with E-state index in [4.69, 9.17) is 0 Å². The average molecular weight is 199 g/mol. The van der Waals surface area contributed by atoms with Crippen LogP contribution in [0.2, 0.25) is 0 Å². The lowest BCUT2D eigenvalue weighted by Gasteiger charge is -2.27. The molecule has 0 bridgehead atoms. The molecule has 1 saturated heterocycles. The summed E-state index contributed by atoms with van der Waals surface area (Å²) in [6.07, 6.45) is 2.42. The minimum atomic E-state index is -0.0499. The van der Waals surface area contributed by atoms with E-state index in [9.17, 15) is 4.79 Å². The third-order valence-corrected chi connectivity index (χ3v) is 2.65. The summed E-state index contributed by atoms with van der Waals surface area (Å²) in [7, 11) is 0. The summed E-state index contributed by atoms with van der Waals surface area (Å²) in [4.78, 5) is 11.1. The van der Waals surface area contributed by atoms with Crippen LogP contribution in [0.4, 0.5) is 4.79 Å². The first-order valence-electron chi connectivity index (χ1n) is 5.47. The van der Waals surface area contributed by atoms with Crippen LogP contribution >= 0.6 is 0 Å². The summed E-state index contributed by atoms with van der Waals surface area (Å²) in [6, 6.07) is 0.585. The van der Waals surface area contributed by atoms with Crippen molar-refractivity contribution in [2.45, 2.75) is 32.7 Å². The van der Waals surface area contributed by atoms with Crippen LogP contribution in [0.25, 0.3) is 0 Å². The number of carbonyl (C=O) groups excluding carboxylic acids is 1. The first kappa shape index (κ1) is 11.3. The molecule has 0 aromatic carbocycles. The second-order valence-corrected chi connectivity index (χ2v) is 3.99. The molecule has 0 aliphatic carbocycles. The maximum atomic E-state index is 11.1. The van der Waals surface area contributed by atoms with Crippen LogP contribution in [0.5, 0.6) is 0 Å². The quantitative estimate of drug-likeness (QED) is 0.626. The summed E-state index contributed by atoms with van der Waals surface area (Å²) in [6.45, 7) is 6.61. The molecule has 2 unspecified atom stereocenters. The lowest BCUT2D eigenvalue weighted by Crippen LogP contribution is -2.44. The van der Waals surface area contributed by atoms with Gasteiger partial charge in [-0.3, -0.25) is 0 Å². The Bertz CT molecular complexity index is 176. The molecule has 0 radical (unpaired) electrons. The van der Waals surface area contributed by atoms with E-state index in [1.165, 1.54) is 12.8 Å². The summed E-state index contributed by atoms with van der Waals surface area (Å²) < 4.78 is 0. The van der Waals surface area contributed by atoms with Crippen molar-refractivity contribution in [2.75, 3.05) is 19.6 Å². The largest absolute Gasteiger partial charge is 0.338 e. The highest BCUT2D eigenvalue weighted by Gasteiger charge is 2.17. The molecule has 1 aliphatic rings. The standard InChI is InChI=1S/C10H21N3O/c1-3-11-10(14)13-7-9-5-4-8(2)12-6-9/h8-9,12H,3-7H2,1-2H3,(H2,11,13,14). The van der Waals surface area contributed by atoms with Crippen LogP contribution in [0.3, 0.4) is 0 Å². The molecule has 82 valence electrons. The average Bonchev–Trinajstić information content (AvgIpc) is 2.17. The summed E-state index contributed by atoms with van der Waals surface area (Å²) >= 11 is 0. The van der Waals surface area contributed by atoms with Gasteiger partial charge in [-0.25, -0.2) is 4.79 Å². The topological polar surface area (TPSA) is 53.2 Å². The zero-order valence-electron chi connectivity index (χ0n) is 9.10. The molecule has 2 atom stereocenters. The normalized spacial score (nSPS) is 27.0. The first-order chi connectivity index (χ1) is 6.72. The molecule has 14 heavy (non-hydrogen) atoms. The van der Waals surface area contributed by atoms with Crippen LogP contribution < -0.4 is 16.0 Å². The molecule has 1 rings (SSSR count). The second kappa shape index (κ2) is 5.86. The monoisotopic (exact) mass is 199 g/mol. The number of amides is 2. The fourth-order valence-electron chi connectivity index (χ4n) is 1.69. The van der Waals surface area contributed by atoms with E-state index < -0.39 is 0 Å². The maximum absolute atomic E-state index is 11.1. The van der Waals surface area contributed by atoms with E-state index in [1.54, 1.807) is 0 Å². The SMILES string of the molecule is CCNC(=O)NCC1CCC(C)NC1. The van der Waals surface area contributed by atoms with Crippen molar-refractivity contribution in [1.82, 2.24) is 16.0 Å². The van der Waals surface area contributed by atoms with Gasteiger partial charge in [0.2, 0.25) is 0 Å². The minimum Gasteiger partial charge on any atom is -0.338 e. The van der Waals surface area contributed by atoms with E-state index in [0.29, 0.717) is 18.5 Å². The van der Waals surface area contributed by atoms with E-state index in [-0.39, 0.29) is 6.03 Å². The number of piperidine rings is 1. The van der Waals surface area contributed by atoms with Crippen LogP contribution in [-0.4, -0.2) is 31.7 Å². The minimum absolute atomic E-state index is 0.0499. The third kappa shape index (κ3) is 3.96. The van der Waals surface area contributed by atoms with Crippen molar-refractivity contribution in [3.8, 4) is 0 Å². The van der Waals surface area contributed by atoms with Gasteiger partial charge in [-0.15, -0.1) is 0 Å². The lowest BCUT2D eigenvalue weighted by atomic mass is 9.95. The molecular weight excluding hydrogens is 178 g/mol. The van der Waals surface area contributed by atoms with Gasteiger partial charge < -0.3 is 16.0 Å². The first-order valence-corrected chi connectivity index (χ1v) is 5.47. The number of nitrogens with one attached hydrogen (secondary N) is 3. The van der Waals surface area contributed by atoms with Gasteiger partial charge in [-0.1, -0.05) is 0 Å². The number of hydrogen-bond donors (Lipinski definition) is 3. The highest BCUT2D eigenvalue weighted by Crippen LogP contribution is 2.12. The lowest BCUT2D eigenvalue weighted by molar-refractivity contribution is 0.236. The summed E-state index contributed by atoms with van der Waals surface area (Å²) in [5.41, 5.74) is 0. The third-order valence-electron chi connectivity index (χ3n) is 2.65. The summed E-state index contributed by atoms with van der Waals surface area (Å²) in [5.74, 6) is 0.591. The zero-order valence-corrected chi connectivity index (χ0v) is 9.10. The number of hydrogen-bond acceptors (Lipinski definition) is 2. The Balaban J connectivity index is 2.09. The van der Waals surface area contributed by atoms with Gasteiger partial charge in [0, 0.05) is 19.1 Å². The van der Waals surface area contributed by atoms with Gasteiger partial charge in [0.25, 0.3) is 0 Å². The molecular formula is C10H21N3O. The van der Waals surface area contributed by atoms with Crippen molar-refractivity contribution < 1.29 is 4.79 Å². The van der Waals surface area contributed by atoms with Crippen LogP contribution in [0.1, 0.15) is 26.7 Å². The zero-order chi connectivity index (χ0) is 10.4. The summed E-state index contributed by atoms with van der Waals surface area (Å²) in [5, 5.41) is 9.02. The molecule has 0 saturated carbocycles. The smallest absolute Gasteiger partial charge is 0.314 e. The van der Waals surface area contributed by atoms with E-state index in [2.05, 4.69) is 22.9 Å². The van der Waals surface area contributed by atoms with Crippen molar-refractivity contribution in [3.05, 3.63) is 0 Å². The van der Waals surface area contributed by atoms with Gasteiger partial charge >= 0.3 is 6.03 Å². The Hall–Kier alpha value is -0.770. The van der Waals surface area contributed by atoms with E-state index >= 15 is 0 Å².